The molecule has 1 amide bonds. The zero-order chi connectivity index (χ0) is 20.6. The third-order valence-corrected chi connectivity index (χ3v) is 5.48. The fourth-order valence-corrected chi connectivity index (χ4v) is 4.02. The van der Waals surface area contributed by atoms with Gasteiger partial charge in [-0.25, -0.2) is 9.37 Å². The summed E-state index contributed by atoms with van der Waals surface area (Å²) in [7, 11) is 0. The lowest BCUT2D eigenvalue weighted by atomic mass is 10.1. The summed E-state index contributed by atoms with van der Waals surface area (Å²) in [6.07, 6.45) is -3.76. The minimum Gasteiger partial charge on any atom is -0.354 e. The first kappa shape index (κ1) is 19.6. The number of carbonyl (C=O) groups is 1. The van der Waals surface area contributed by atoms with Gasteiger partial charge in [0, 0.05) is 43.8 Å². The van der Waals surface area contributed by atoms with Crippen LogP contribution in [0.2, 0.25) is 0 Å². The van der Waals surface area contributed by atoms with Gasteiger partial charge in [0.15, 0.2) is 0 Å². The molecule has 2 fully saturated rings. The molecule has 1 aromatic carbocycles. The lowest BCUT2D eigenvalue weighted by molar-refractivity contribution is -0.141. The van der Waals surface area contributed by atoms with Crippen molar-refractivity contribution < 1.29 is 22.4 Å². The van der Waals surface area contributed by atoms with Crippen molar-refractivity contribution in [2.24, 2.45) is 0 Å². The number of pyridine rings is 1. The maximum Gasteiger partial charge on any atom is 0.433 e. The maximum atomic E-state index is 13.4. The van der Waals surface area contributed by atoms with Crippen LogP contribution in [-0.2, 0) is 6.18 Å². The molecule has 2 saturated heterocycles. The van der Waals surface area contributed by atoms with Gasteiger partial charge < -0.3 is 10.2 Å². The van der Waals surface area contributed by atoms with Crippen LogP contribution in [0.3, 0.4) is 0 Å². The van der Waals surface area contributed by atoms with Crippen molar-refractivity contribution in [3.63, 3.8) is 0 Å². The third kappa shape index (κ3) is 4.19. The molecule has 29 heavy (non-hydrogen) atoms. The zero-order valence-electron chi connectivity index (χ0n) is 15.5. The number of benzene rings is 1. The van der Waals surface area contributed by atoms with Gasteiger partial charge in [0.25, 0.3) is 5.91 Å². The van der Waals surface area contributed by atoms with Crippen molar-refractivity contribution >= 4 is 11.7 Å². The number of nitrogens with zero attached hydrogens (tertiary/aromatic N) is 3. The van der Waals surface area contributed by atoms with E-state index in [1.54, 1.807) is 12.1 Å². The molecule has 1 aromatic heterocycles. The summed E-state index contributed by atoms with van der Waals surface area (Å²) in [5, 5.41) is 2.95. The molecule has 3 heterocycles. The highest BCUT2D eigenvalue weighted by Gasteiger charge is 2.40. The van der Waals surface area contributed by atoms with Gasteiger partial charge in [0.2, 0.25) is 0 Å². The second kappa shape index (κ2) is 7.62. The van der Waals surface area contributed by atoms with E-state index >= 15 is 0 Å². The Bertz CT molecular complexity index is 904. The van der Waals surface area contributed by atoms with Gasteiger partial charge in [0.1, 0.15) is 17.3 Å². The van der Waals surface area contributed by atoms with Crippen LogP contribution < -0.4 is 10.2 Å². The van der Waals surface area contributed by atoms with E-state index in [2.05, 4.69) is 15.2 Å². The quantitative estimate of drug-likeness (QED) is 0.794. The molecule has 0 bridgehead atoms. The zero-order valence-corrected chi connectivity index (χ0v) is 15.5. The lowest BCUT2D eigenvalue weighted by Gasteiger charge is -2.40. The number of fused-ring (bicyclic) bond motifs is 1. The van der Waals surface area contributed by atoms with Crippen molar-refractivity contribution in [2.75, 3.05) is 31.1 Å². The predicted molar refractivity (Wildman–Crippen MR) is 99.1 cm³/mol. The number of amides is 1. The number of alkyl halides is 3. The summed E-state index contributed by atoms with van der Waals surface area (Å²) in [5.74, 6) is -0.558. The third-order valence-electron chi connectivity index (χ3n) is 5.48. The Kier molecular flexibility index (Phi) is 5.16. The molecule has 2 aliphatic heterocycles. The molecule has 9 heteroatoms. The molecule has 0 radical (unpaired) electrons. The van der Waals surface area contributed by atoms with Crippen molar-refractivity contribution in [2.45, 2.75) is 24.7 Å². The number of hydrogen-bond donors (Lipinski definition) is 1. The van der Waals surface area contributed by atoms with Gasteiger partial charge >= 0.3 is 6.18 Å². The van der Waals surface area contributed by atoms with Crippen LogP contribution in [0.5, 0.6) is 0 Å². The Hall–Kier alpha value is -2.68. The van der Waals surface area contributed by atoms with Crippen LogP contribution >= 0.6 is 0 Å². The molecule has 0 spiro atoms. The molecule has 4 rings (SSSR count). The summed E-state index contributed by atoms with van der Waals surface area (Å²) in [4.78, 5) is 20.3. The maximum absolute atomic E-state index is 13.4. The average molecular weight is 408 g/mol. The van der Waals surface area contributed by atoms with Gasteiger partial charge in [-0.1, -0.05) is 12.1 Å². The number of rotatable bonds is 3. The molecule has 154 valence electrons. The number of carbonyl (C=O) groups excluding carboxylic acids is 1. The van der Waals surface area contributed by atoms with Gasteiger partial charge in [-0.05, 0) is 36.8 Å². The van der Waals surface area contributed by atoms with Crippen LogP contribution in [0.4, 0.5) is 23.4 Å². The number of halogens is 4. The topological polar surface area (TPSA) is 48.5 Å². The monoisotopic (exact) mass is 408 g/mol. The smallest absolute Gasteiger partial charge is 0.354 e. The van der Waals surface area contributed by atoms with E-state index in [1.165, 1.54) is 24.3 Å². The summed E-state index contributed by atoms with van der Waals surface area (Å²) >= 11 is 0. The highest BCUT2D eigenvalue weighted by molar-refractivity contribution is 5.94. The van der Waals surface area contributed by atoms with Crippen LogP contribution in [0.15, 0.2) is 42.5 Å². The van der Waals surface area contributed by atoms with Crippen molar-refractivity contribution in [3.8, 4) is 0 Å². The Morgan fingerprint density at radius 1 is 1.10 bits per heavy atom. The molecule has 5 nitrogen and oxygen atoms in total. The fourth-order valence-electron chi connectivity index (χ4n) is 4.02. The normalized spacial score (nSPS) is 22.4. The molecule has 0 unspecified atom stereocenters. The molecule has 2 atom stereocenters. The van der Waals surface area contributed by atoms with E-state index in [4.69, 9.17) is 0 Å². The van der Waals surface area contributed by atoms with Crippen LogP contribution in [0.1, 0.15) is 22.5 Å². The van der Waals surface area contributed by atoms with Crippen molar-refractivity contribution in [1.29, 1.82) is 0 Å². The highest BCUT2D eigenvalue weighted by atomic mass is 19.4. The summed E-state index contributed by atoms with van der Waals surface area (Å²) < 4.78 is 52.3. The van der Waals surface area contributed by atoms with E-state index in [0.29, 0.717) is 19.6 Å². The van der Waals surface area contributed by atoms with Crippen LogP contribution in [0.25, 0.3) is 0 Å². The van der Waals surface area contributed by atoms with Gasteiger partial charge in [-0.15, -0.1) is 0 Å². The molecular weight excluding hydrogens is 388 g/mol. The first-order valence-corrected chi connectivity index (χ1v) is 9.41. The second-order valence-electron chi connectivity index (χ2n) is 7.31. The van der Waals surface area contributed by atoms with E-state index in [0.717, 1.165) is 19.0 Å². The van der Waals surface area contributed by atoms with Gasteiger partial charge in [0.05, 0.1) is 0 Å². The number of nitrogens with one attached hydrogen (secondary N) is 1. The van der Waals surface area contributed by atoms with Crippen molar-refractivity contribution in [1.82, 2.24) is 15.2 Å². The summed E-state index contributed by atoms with van der Waals surface area (Å²) in [5.41, 5.74) is -0.671. The van der Waals surface area contributed by atoms with Crippen LogP contribution in [-0.4, -0.2) is 54.1 Å². The molecule has 0 aliphatic carbocycles. The van der Waals surface area contributed by atoms with E-state index in [-0.39, 0.29) is 29.4 Å². The lowest BCUT2D eigenvalue weighted by Crippen LogP contribution is -2.56. The number of hydrogen-bond acceptors (Lipinski definition) is 4. The van der Waals surface area contributed by atoms with E-state index < -0.39 is 17.7 Å². The van der Waals surface area contributed by atoms with Crippen molar-refractivity contribution in [3.05, 3.63) is 59.5 Å². The average Bonchev–Trinajstić information content (AvgIpc) is 3.09. The molecule has 2 aliphatic rings. The predicted octanol–water partition coefficient (Wildman–Crippen LogP) is 2.93. The molecule has 1 N–H and O–H groups in total. The van der Waals surface area contributed by atoms with Crippen LogP contribution in [0, 0.1) is 5.82 Å². The second-order valence-corrected chi connectivity index (χ2v) is 7.31. The van der Waals surface area contributed by atoms with E-state index in [9.17, 15) is 22.4 Å². The number of anilines is 1. The van der Waals surface area contributed by atoms with E-state index in [1.807, 2.05) is 4.90 Å². The SMILES string of the molecule is O=C(N[C@@H]1CCN2CCN(c3cccc(C(F)(F)F)n3)C[C@H]12)c1cccc(F)c1. The Balaban J connectivity index is 1.47. The summed E-state index contributed by atoms with van der Waals surface area (Å²) in [6.45, 7) is 2.50. The first-order valence-electron chi connectivity index (χ1n) is 9.41. The minimum atomic E-state index is -4.49. The van der Waals surface area contributed by atoms with Gasteiger partial charge in [-0.2, -0.15) is 13.2 Å². The minimum absolute atomic E-state index is 0.0439. The Morgan fingerprint density at radius 2 is 1.90 bits per heavy atom. The Morgan fingerprint density at radius 3 is 2.66 bits per heavy atom. The standard InChI is InChI=1S/C20H20F4N4O/c21-14-4-1-3-13(11-14)19(29)25-15-7-8-27-9-10-28(12-16(15)27)18-6-2-5-17(26-18)20(22,23)24/h1-6,11,15-16H,7-10,12H2,(H,25,29)/t15-,16-/m1/s1. The fraction of sp³-hybridized carbons (Fsp3) is 0.400. The highest BCUT2D eigenvalue weighted by Crippen LogP contribution is 2.30. The van der Waals surface area contributed by atoms with Gasteiger partial charge in [-0.3, -0.25) is 9.69 Å². The molecule has 2 aromatic rings. The number of piperazine rings is 1. The molecular formula is C20H20F4N4O. The largest absolute Gasteiger partial charge is 0.433 e. The first-order chi connectivity index (χ1) is 13.8. The summed E-state index contributed by atoms with van der Waals surface area (Å²) in [6, 6.07) is 9.15. The number of aromatic nitrogens is 1. The molecule has 0 saturated carbocycles. The Labute approximate surface area is 165 Å².